The fourth-order valence-corrected chi connectivity index (χ4v) is 1.82. The minimum atomic E-state index is -0.711. The van der Waals surface area contributed by atoms with Crippen LogP contribution in [0.3, 0.4) is 0 Å². The van der Waals surface area contributed by atoms with E-state index in [4.69, 9.17) is 9.47 Å². The summed E-state index contributed by atoms with van der Waals surface area (Å²) >= 11 is 0.863. The number of hydrogen-bond acceptors (Lipinski definition) is 8. The Morgan fingerprint density at radius 3 is 2.52 bits per heavy atom. The van der Waals surface area contributed by atoms with Crippen LogP contribution >= 0.6 is 11.8 Å². The summed E-state index contributed by atoms with van der Waals surface area (Å²) in [7, 11) is 0. The van der Waals surface area contributed by atoms with Gasteiger partial charge in [0.25, 0.3) is 5.69 Å². The zero-order valence-corrected chi connectivity index (χ0v) is 14.1. The number of hydrogen-bond donors (Lipinski definition) is 1. The standard InChI is InChI=1S/C15H16N2O7S/c1-11(18)25-9-6-14(19)23-8-7-16-15(20)24-10-12-2-4-13(5-3-12)17(21)22/h2-6,9H,7-8,10H2,1H3,(H,16,20)/b9-6-. The summed E-state index contributed by atoms with van der Waals surface area (Å²) in [5.74, 6) is -0.630. The third-order valence-corrected chi connectivity index (χ3v) is 3.18. The van der Waals surface area contributed by atoms with Gasteiger partial charge in [0.2, 0.25) is 0 Å². The molecule has 0 aliphatic heterocycles. The Labute approximate surface area is 147 Å². The first kappa shape index (κ1) is 20.2. The van der Waals surface area contributed by atoms with Gasteiger partial charge in [-0.1, -0.05) is 11.8 Å². The van der Waals surface area contributed by atoms with E-state index in [1.54, 1.807) is 0 Å². The molecule has 9 nitrogen and oxygen atoms in total. The van der Waals surface area contributed by atoms with Crippen LogP contribution in [-0.2, 0) is 25.7 Å². The van der Waals surface area contributed by atoms with Crippen LogP contribution < -0.4 is 5.32 Å². The average molecular weight is 368 g/mol. The molecule has 0 heterocycles. The van der Waals surface area contributed by atoms with Crippen molar-refractivity contribution in [3.8, 4) is 0 Å². The highest BCUT2D eigenvalue weighted by molar-refractivity contribution is 8.16. The van der Waals surface area contributed by atoms with Crippen LogP contribution in [0, 0.1) is 10.1 Å². The number of carbonyl (C=O) groups excluding carboxylic acids is 3. The molecule has 1 rings (SSSR count). The maximum atomic E-state index is 11.4. The molecule has 25 heavy (non-hydrogen) atoms. The molecule has 134 valence electrons. The summed E-state index contributed by atoms with van der Waals surface area (Å²) in [4.78, 5) is 43.3. The van der Waals surface area contributed by atoms with Gasteiger partial charge in [0, 0.05) is 25.1 Å². The van der Waals surface area contributed by atoms with E-state index in [2.05, 4.69) is 5.32 Å². The molecule has 1 N–H and O–H groups in total. The number of rotatable bonds is 8. The van der Waals surface area contributed by atoms with Crippen molar-refractivity contribution in [3.63, 3.8) is 0 Å². The Morgan fingerprint density at radius 1 is 1.24 bits per heavy atom. The van der Waals surface area contributed by atoms with Crippen molar-refractivity contribution in [2.24, 2.45) is 0 Å². The van der Waals surface area contributed by atoms with Crippen molar-refractivity contribution in [1.29, 1.82) is 0 Å². The number of esters is 1. The molecule has 0 atom stereocenters. The molecule has 0 unspecified atom stereocenters. The number of carbonyl (C=O) groups is 3. The Balaban J connectivity index is 2.18. The van der Waals surface area contributed by atoms with Crippen LogP contribution in [0.5, 0.6) is 0 Å². The van der Waals surface area contributed by atoms with Crippen molar-refractivity contribution >= 4 is 34.6 Å². The Bertz CT molecular complexity index is 658. The number of nitro benzene ring substituents is 1. The molecule has 0 aliphatic rings. The van der Waals surface area contributed by atoms with E-state index in [9.17, 15) is 24.5 Å². The number of nitrogens with zero attached hydrogens (tertiary/aromatic N) is 1. The van der Waals surface area contributed by atoms with Gasteiger partial charge in [-0.2, -0.15) is 0 Å². The minimum Gasteiger partial charge on any atom is -0.461 e. The quantitative estimate of drug-likeness (QED) is 0.243. The Morgan fingerprint density at radius 2 is 1.92 bits per heavy atom. The predicted molar refractivity (Wildman–Crippen MR) is 89.7 cm³/mol. The van der Waals surface area contributed by atoms with Crippen molar-refractivity contribution in [3.05, 3.63) is 51.4 Å². The highest BCUT2D eigenvalue weighted by Gasteiger charge is 2.06. The molecule has 0 aromatic heterocycles. The molecule has 1 aromatic rings. The lowest BCUT2D eigenvalue weighted by Gasteiger charge is -2.07. The summed E-state index contributed by atoms with van der Waals surface area (Å²) in [5, 5.41) is 14.1. The summed E-state index contributed by atoms with van der Waals surface area (Å²) in [6.07, 6.45) is 0.399. The first-order chi connectivity index (χ1) is 11.9. The Hall–Kier alpha value is -2.88. The van der Waals surface area contributed by atoms with Gasteiger partial charge in [0.1, 0.15) is 13.2 Å². The summed E-state index contributed by atoms with van der Waals surface area (Å²) in [5.41, 5.74) is 0.547. The lowest BCUT2D eigenvalue weighted by Crippen LogP contribution is -2.28. The van der Waals surface area contributed by atoms with Gasteiger partial charge in [-0.25, -0.2) is 9.59 Å². The van der Waals surface area contributed by atoms with Crippen molar-refractivity contribution < 1.29 is 28.8 Å². The van der Waals surface area contributed by atoms with Crippen LogP contribution in [0.25, 0.3) is 0 Å². The molecule has 1 amide bonds. The topological polar surface area (TPSA) is 125 Å². The van der Waals surface area contributed by atoms with Gasteiger partial charge < -0.3 is 14.8 Å². The first-order valence-electron chi connectivity index (χ1n) is 7.03. The number of nitrogens with one attached hydrogen (secondary N) is 1. The number of ether oxygens (including phenoxy) is 2. The molecule has 10 heteroatoms. The second-order valence-electron chi connectivity index (χ2n) is 4.51. The Kier molecular flexibility index (Phi) is 8.72. The second kappa shape index (κ2) is 10.8. The molecule has 0 fully saturated rings. The number of thioether (sulfide) groups is 1. The second-order valence-corrected chi connectivity index (χ2v) is 5.59. The highest BCUT2D eigenvalue weighted by Crippen LogP contribution is 2.12. The van der Waals surface area contributed by atoms with E-state index in [0.29, 0.717) is 5.56 Å². The number of alkyl carbamates (subject to hydrolysis) is 1. The lowest BCUT2D eigenvalue weighted by atomic mass is 10.2. The van der Waals surface area contributed by atoms with E-state index in [-0.39, 0.29) is 30.6 Å². The van der Waals surface area contributed by atoms with Crippen molar-refractivity contribution in [2.75, 3.05) is 13.2 Å². The average Bonchev–Trinajstić information content (AvgIpc) is 2.57. The third kappa shape index (κ3) is 9.11. The number of nitro groups is 1. The lowest BCUT2D eigenvalue weighted by molar-refractivity contribution is -0.384. The predicted octanol–water partition coefficient (Wildman–Crippen LogP) is 2.16. The first-order valence-corrected chi connectivity index (χ1v) is 7.91. The van der Waals surface area contributed by atoms with Crippen molar-refractivity contribution in [2.45, 2.75) is 13.5 Å². The minimum absolute atomic E-state index is 0.0470. The molecular formula is C15H16N2O7S. The van der Waals surface area contributed by atoms with Crippen LogP contribution in [0.4, 0.5) is 10.5 Å². The molecule has 0 aliphatic carbocycles. The zero-order chi connectivity index (χ0) is 18.7. The fraction of sp³-hybridized carbons (Fsp3) is 0.267. The number of non-ortho nitro benzene ring substituents is 1. The summed E-state index contributed by atoms with van der Waals surface area (Å²) in [6, 6.07) is 5.60. The SMILES string of the molecule is CC(=O)S/C=C\C(=O)OCCNC(=O)OCc1ccc([N+](=O)[O-])cc1. The van der Waals surface area contributed by atoms with Crippen LogP contribution in [0.2, 0.25) is 0 Å². The maximum absolute atomic E-state index is 11.4. The van der Waals surface area contributed by atoms with Crippen LogP contribution in [0.15, 0.2) is 35.7 Å². The van der Waals surface area contributed by atoms with Gasteiger partial charge in [0.15, 0.2) is 5.12 Å². The van der Waals surface area contributed by atoms with Crippen LogP contribution in [-0.4, -0.2) is 35.3 Å². The summed E-state index contributed by atoms with van der Waals surface area (Å²) < 4.78 is 9.70. The molecule has 0 radical (unpaired) electrons. The van der Waals surface area contributed by atoms with Crippen molar-refractivity contribution in [1.82, 2.24) is 5.32 Å². The van der Waals surface area contributed by atoms with E-state index < -0.39 is 17.0 Å². The molecule has 0 saturated heterocycles. The molecule has 0 bridgehead atoms. The van der Waals surface area contributed by atoms with E-state index in [0.717, 1.165) is 17.8 Å². The van der Waals surface area contributed by atoms with Crippen LogP contribution in [0.1, 0.15) is 12.5 Å². The van der Waals surface area contributed by atoms with Gasteiger partial charge in [-0.15, -0.1) is 0 Å². The molecule has 0 saturated carbocycles. The monoisotopic (exact) mass is 368 g/mol. The highest BCUT2D eigenvalue weighted by atomic mass is 32.2. The van der Waals surface area contributed by atoms with Gasteiger partial charge in [-0.05, 0) is 23.1 Å². The largest absolute Gasteiger partial charge is 0.461 e. The number of amides is 1. The van der Waals surface area contributed by atoms with E-state index in [1.807, 2.05) is 0 Å². The third-order valence-electron chi connectivity index (χ3n) is 2.57. The maximum Gasteiger partial charge on any atom is 0.407 e. The smallest absolute Gasteiger partial charge is 0.407 e. The van der Waals surface area contributed by atoms with Gasteiger partial charge in [-0.3, -0.25) is 14.9 Å². The van der Waals surface area contributed by atoms with Gasteiger partial charge >= 0.3 is 12.1 Å². The molecule has 0 spiro atoms. The zero-order valence-electron chi connectivity index (χ0n) is 13.3. The normalized spacial score (nSPS) is 10.3. The van der Waals surface area contributed by atoms with E-state index in [1.165, 1.54) is 36.6 Å². The van der Waals surface area contributed by atoms with E-state index >= 15 is 0 Å². The fourth-order valence-electron chi connectivity index (χ4n) is 1.45. The summed E-state index contributed by atoms with van der Waals surface area (Å²) in [6.45, 7) is 1.32. The number of benzene rings is 1. The molecular weight excluding hydrogens is 352 g/mol. The van der Waals surface area contributed by atoms with Gasteiger partial charge in [0.05, 0.1) is 11.5 Å². The molecule has 1 aromatic carbocycles.